The molecule has 1 aromatic heterocycles. The molecule has 0 aliphatic heterocycles. The average molecular weight is 314 g/mol. The molecule has 98 valence electrons. The average Bonchev–Trinajstić information content (AvgIpc) is 2.78. The zero-order valence-corrected chi connectivity index (χ0v) is 12.0. The molecule has 0 radical (unpaired) electrons. The fourth-order valence-corrected chi connectivity index (χ4v) is 2.92. The molecule has 1 heterocycles. The van der Waals surface area contributed by atoms with Crippen LogP contribution in [-0.2, 0) is 0 Å². The molecule has 2 aromatic rings. The van der Waals surface area contributed by atoms with Crippen molar-refractivity contribution in [2.45, 2.75) is 16.7 Å². The number of amides is 1. The molecule has 1 fully saturated rings. The number of anilines is 1. The number of nitrogens with one attached hydrogen (secondary N) is 1. The molecule has 7 heteroatoms. The summed E-state index contributed by atoms with van der Waals surface area (Å²) >= 11 is 13.3. The molecule has 1 N–H and O–H groups in total. The first-order valence-electron chi connectivity index (χ1n) is 5.63. The number of halogens is 2. The van der Waals surface area contributed by atoms with Gasteiger partial charge in [0.15, 0.2) is 0 Å². The van der Waals surface area contributed by atoms with Crippen molar-refractivity contribution in [1.29, 1.82) is 0 Å². The van der Waals surface area contributed by atoms with Gasteiger partial charge >= 0.3 is 0 Å². The summed E-state index contributed by atoms with van der Waals surface area (Å²) in [7, 11) is 0. The van der Waals surface area contributed by atoms with Crippen molar-refractivity contribution in [3.63, 3.8) is 0 Å². The van der Waals surface area contributed by atoms with Crippen molar-refractivity contribution >= 4 is 45.8 Å². The van der Waals surface area contributed by atoms with E-state index in [9.17, 15) is 4.79 Å². The second-order valence-electron chi connectivity index (χ2n) is 4.31. The minimum absolute atomic E-state index is 0.00667. The lowest BCUT2D eigenvalue weighted by atomic mass is 10.0. The van der Waals surface area contributed by atoms with E-state index in [1.54, 1.807) is 6.07 Å². The molecule has 1 unspecified atom stereocenters. The highest BCUT2D eigenvalue weighted by atomic mass is 35.5. The molecule has 0 saturated heterocycles. The SMILES string of the molecule is O=C(Nc1ncns1)c1ccccc1C1CC1(Cl)Cl. The van der Waals surface area contributed by atoms with Crippen LogP contribution < -0.4 is 5.32 Å². The summed E-state index contributed by atoms with van der Waals surface area (Å²) in [5, 5.41) is 3.18. The molecule has 1 aromatic carbocycles. The van der Waals surface area contributed by atoms with Gasteiger partial charge in [-0.1, -0.05) is 18.2 Å². The summed E-state index contributed by atoms with van der Waals surface area (Å²) < 4.78 is 3.08. The van der Waals surface area contributed by atoms with E-state index in [4.69, 9.17) is 23.2 Å². The molecule has 1 atom stereocenters. The lowest BCUT2D eigenvalue weighted by molar-refractivity contribution is 0.102. The van der Waals surface area contributed by atoms with Crippen LogP contribution in [0.3, 0.4) is 0 Å². The Bertz CT molecular complexity index is 615. The molecule has 19 heavy (non-hydrogen) atoms. The van der Waals surface area contributed by atoms with Crippen molar-refractivity contribution in [2.24, 2.45) is 0 Å². The Morgan fingerprint density at radius 1 is 1.42 bits per heavy atom. The van der Waals surface area contributed by atoms with Crippen molar-refractivity contribution in [2.75, 3.05) is 5.32 Å². The summed E-state index contributed by atoms with van der Waals surface area (Å²) in [6.45, 7) is 0. The number of alkyl halides is 2. The van der Waals surface area contributed by atoms with Crippen LogP contribution in [0.15, 0.2) is 30.6 Å². The lowest BCUT2D eigenvalue weighted by Crippen LogP contribution is -2.14. The van der Waals surface area contributed by atoms with Gasteiger partial charge in [0.05, 0.1) is 0 Å². The predicted octanol–water partition coefficient (Wildman–Crippen LogP) is 3.45. The minimum atomic E-state index is -0.751. The summed E-state index contributed by atoms with van der Waals surface area (Å²) in [5.41, 5.74) is 1.44. The molecule has 3 rings (SSSR count). The van der Waals surface area contributed by atoms with E-state index in [1.165, 1.54) is 6.33 Å². The van der Waals surface area contributed by atoms with Gasteiger partial charge < -0.3 is 0 Å². The monoisotopic (exact) mass is 313 g/mol. The number of rotatable bonds is 3. The van der Waals surface area contributed by atoms with E-state index >= 15 is 0 Å². The predicted molar refractivity (Wildman–Crippen MR) is 76.1 cm³/mol. The van der Waals surface area contributed by atoms with Crippen LogP contribution in [0.4, 0.5) is 5.13 Å². The van der Waals surface area contributed by atoms with Crippen molar-refractivity contribution in [3.05, 3.63) is 41.7 Å². The first kappa shape index (κ1) is 12.8. The molecule has 0 bridgehead atoms. The fraction of sp³-hybridized carbons (Fsp3) is 0.250. The largest absolute Gasteiger partial charge is 0.297 e. The number of hydrogen-bond acceptors (Lipinski definition) is 4. The number of carbonyl (C=O) groups is 1. The van der Waals surface area contributed by atoms with Gasteiger partial charge in [-0.15, -0.1) is 23.2 Å². The van der Waals surface area contributed by atoms with Crippen molar-refractivity contribution in [3.8, 4) is 0 Å². The smallest absolute Gasteiger partial charge is 0.257 e. The number of hydrogen-bond donors (Lipinski definition) is 1. The Morgan fingerprint density at radius 3 is 2.79 bits per heavy atom. The Kier molecular flexibility index (Phi) is 3.20. The Labute approximate surface area is 123 Å². The molecular weight excluding hydrogens is 305 g/mol. The topological polar surface area (TPSA) is 54.9 Å². The van der Waals surface area contributed by atoms with E-state index < -0.39 is 4.33 Å². The molecule has 4 nitrogen and oxygen atoms in total. The van der Waals surface area contributed by atoms with Gasteiger partial charge in [0.1, 0.15) is 10.7 Å². The Balaban J connectivity index is 1.86. The second-order valence-corrected chi connectivity index (χ2v) is 6.63. The van der Waals surface area contributed by atoms with Crippen LogP contribution in [0.2, 0.25) is 0 Å². The minimum Gasteiger partial charge on any atom is -0.297 e. The molecule has 1 aliphatic rings. The fourth-order valence-electron chi connectivity index (χ4n) is 1.95. The second kappa shape index (κ2) is 4.74. The third-order valence-corrected chi connectivity index (χ3v) is 4.40. The number of aromatic nitrogens is 2. The zero-order chi connectivity index (χ0) is 13.5. The molecule has 0 spiro atoms. The highest BCUT2D eigenvalue weighted by Crippen LogP contribution is 2.60. The quantitative estimate of drug-likeness (QED) is 0.883. The van der Waals surface area contributed by atoms with Crippen LogP contribution in [0, 0.1) is 0 Å². The first-order chi connectivity index (χ1) is 9.08. The van der Waals surface area contributed by atoms with Crippen LogP contribution in [0.1, 0.15) is 28.3 Å². The Morgan fingerprint density at radius 2 is 2.16 bits per heavy atom. The third-order valence-electron chi connectivity index (χ3n) is 2.99. The van der Waals surface area contributed by atoms with Gasteiger partial charge in [0.25, 0.3) is 5.91 Å². The molecule has 1 saturated carbocycles. The van der Waals surface area contributed by atoms with E-state index in [0.717, 1.165) is 17.1 Å². The standard InChI is InChI=1S/C12H9Cl2N3OS/c13-12(14)5-9(12)7-3-1-2-4-8(7)10(18)17-11-15-6-16-19-11/h1-4,6,9H,5H2,(H,15,16,17,18). The van der Waals surface area contributed by atoms with Gasteiger partial charge in [0.2, 0.25) is 5.13 Å². The number of nitrogens with zero attached hydrogens (tertiary/aromatic N) is 2. The van der Waals surface area contributed by atoms with Gasteiger partial charge in [-0.25, -0.2) is 4.98 Å². The molecule has 1 amide bonds. The third kappa shape index (κ3) is 2.59. The van der Waals surface area contributed by atoms with Crippen LogP contribution in [-0.4, -0.2) is 19.6 Å². The maximum atomic E-state index is 12.2. The highest BCUT2D eigenvalue weighted by Gasteiger charge is 2.53. The van der Waals surface area contributed by atoms with Gasteiger partial charge in [-0.2, -0.15) is 4.37 Å². The van der Waals surface area contributed by atoms with E-state index in [1.807, 2.05) is 18.2 Å². The summed E-state index contributed by atoms with van der Waals surface area (Å²) in [4.78, 5) is 16.1. The zero-order valence-electron chi connectivity index (χ0n) is 9.64. The van der Waals surface area contributed by atoms with E-state index in [-0.39, 0.29) is 11.8 Å². The normalized spacial score (nSPS) is 20.0. The van der Waals surface area contributed by atoms with Gasteiger partial charge in [0, 0.05) is 23.0 Å². The number of carbonyl (C=O) groups excluding carboxylic acids is 1. The summed E-state index contributed by atoms with van der Waals surface area (Å²) in [6.07, 6.45) is 2.06. The first-order valence-corrected chi connectivity index (χ1v) is 7.15. The van der Waals surface area contributed by atoms with Crippen LogP contribution >= 0.6 is 34.7 Å². The van der Waals surface area contributed by atoms with Crippen molar-refractivity contribution in [1.82, 2.24) is 9.36 Å². The molecule has 1 aliphatic carbocycles. The van der Waals surface area contributed by atoms with Crippen LogP contribution in [0.25, 0.3) is 0 Å². The van der Waals surface area contributed by atoms with Gasteiger partial charge in [-0.05, 0) is 18.1 Å². The van der Waals surface area contributed by atoms with Crippen LogP contribution in [0.5, 0.6) is 0 Å². The van der Waals surface area contributed by atoms with Gasteiger partial charge in [-0.3, -0.25) is 10.1 Å². The maximum Gasteiger partial charge on any atom is 0.257 e. The van der Waals surface area contributed by atoms with E-state index in [2.05, 4.69) is 14.7 Å². The Hall–Kier alpha value is -1.17. The lowest BCUT2D eigenvalue weighted by Gasteiger charge is -2.08. The van der Waals surface area contributed by atoms with Crippen molar-refractivity contribution < 1.29 is 4.79 Å². The maximum absolute atomic E-state index is 12.2. The summed E-state index contributed by atoms with van der Waals surface area (Å²) in [6, 6.07) is 7.32. The summed E-state index contributed by atoms with van der Waals surface area (Å²) in [5.74, 6) is -0.212. The number of benzene rings is 1. The van der Waals surface area contributed by atoms with E-state index in [0.29, 0.717) is 17.1 Å². The molecular formula is C12H9Cl2N3OS. The highest BCUT2D eigenvalue weighted by molar-refractivity contribution is 7.09.